The minimum absolute atomic E-state index is 0.145. The van der Waals surface area contributed by atoms with Gasteiger partial charge in [0.15, 0.2) is 5.78 Å². The van der Waals surface area contributed by atoms with E-state index in [9.17, 15) is 4.79 Å². The van der Waals surface area contributed by atoms with Crippen LogP contribution in [0, 0.1) is 5.92 Å². The zero-order valence-corrected chi connectivity index (χ0v) is 9.16. The molecule has 1 atom stereocenters. The minimum atomic E-state index is 0.145. The summed E-state index contributed by atoms with van der Waals surface area (Å²) >= 11 is 0. The number of aryl methyl sites for hydroxylation is 1. The molecular formula is C11H16N2O. The topological polar surface area (TPSA) is 34.9 Å². The maximum atomic E-state index is 11.9. The van der Waals surface area contributed by atoms with E-state index in [0.717, 1.165) is 23.4 Å². The molecule has 76 valence electrons. The maximum absolute atomic E-state index is 11.9. The fourth-order valence-corrected chi connectivity index (χ4v) is 2.12. The third-order valence-electron chi connectivity index (χ3n) is 2.93. The van der Waals surface area contributed by atoms with Gasteiger partial charge in [-0.25, -0.2) is 0 Å². The van der Waals surface area contributed by atoms with Crippen molar-refractivity contribution in [3.05, 3.63) is 17.0 Å². The highest BCUT2D eigenvalue weighted by atomic mass is 16.1. The van der Waals surface area contributed by atoms with E-state index in [0.29, 0.717) is 5.92 Å². The van der Waals surface area contributed by atoms with E-state index in [1.165, 1.54) is 0 Å². The Kier molecular flexibility index (Phi) is 1.98. The molecule has 1 aromatic rings. The lowest BCUT2D eigenvalue weighted by Gasteiger charge is -2.03. The molecule has 0 spiro atoms. The van der Waals surface area contributed by atoms with Crippen molar-refractivity contribution in [1.82, 2.24) is 9.78 Å². The zero-order valence-electron chi connectivity index (χ0n) is 9.16. The highest BCUT2D eigenvalue weighted by molar-refractivity contribution is 6.02. The van der Waals surface area contributed by atoms with E-state index in [2.05, 4.69) is 18.9 Å². The first-order valence-corrected chi connectivity index (χ1v) is 5.12. The molecule has 0 fully saturated rings. The van der Waals surface area contributed by atoms with Gasteiger partial charge >= 0.3 is 0 Å². The normalized spacial score (nSPS) is 20.6. The predicted molar refractivity (Wildman–Crippen MR) is 54.5 cm³/mol. The number of Topliss-reactive ketones (excluding diaryl/α,β-unsaturated/α-hetero) is 1. The Hall–Kier alpha value is -1.12. The smallest absolute Gasteiger partial charge is 0.169 e. The Bertz CT molecular complexity index is 390. The highest BCUT2D eigenvalue weighted by Gasteiger charge is 2.34. The van der Waals surface area contributed by atoms with Crippen LogP contribution in [0.3, 0.4) is 0 Å². The molecule has 0 bridgehead atoms. The minimum Gasteiger partial charge on any atom is -0.294 e. The molecule has 0 aromatic carbocycles. The first-order valence-electron chi connectivity index (χ1n) is 5.12. The van der Waals surface area contributed by atoms with Crippen molar-refractivity contribution in [3.63, 3.8) is 0 Å². The second kappa shape index (κ2) is 2.94. The van der Waals surface area contributed by atoms with Gasteiger partial charge in [-0.1, -0.05) is 20.8 Å². The van der Waals surface area contributed by atoms with Crippen LogP contribution >= 0.6 is 0 Å². The summed E-state index contributed by atoms with van der Waals surface area (Å²) in [4.78, 5) is 11.9. The molecule has 3 heteroatoms. The van der Waals surface area contributed by atoms with Gasteiger partial charge in [0, 0.05) is 18.7 Å². The predicted octanol–water partition coefficient (Wildman–Crippen LogP) is 1.92. The Labute approximate surface area is 84.1 Å². The van der Waals surface area contributed by atoms with Crippen molar-refractivity contribution in [2.45, 2.75) is 33.1 Å². The third-order valence-corrected chi connectivity index (χ3v) is 2.93. The Balaban J connectivity index is 2.59. The van der Waals surface area contributed by atoms with Crippen molar-refractivity contribution < 1.29 is 4.79 Å². The average Bonchev–Trinajstić information content (AvgIpc) is 2.56. The molecule has 1 heterocycles. The SMILES string of the molecule is CC1Cc2c(c(C(C)C)nn2C)C1=O. The van der Waals surface area contributed by atoms with Gasteiger partial charge in [0.1, 0.15) is 0 Å². The first-order chi connectivity index (χ1) is 6.52. The number of aromatic nitrogens is 2. The number of ketones is 1. The van der Waals surface area contributed by atoms with Crippen LogP contribution < -0.4 is 0 Å². The van der Waals surface area contributed by atoms with Crippen LogP contribution in [-0.2, 0) is 13.5 Å². The number of carbonyl (C=O) groups excluding carboxylic acids is 1. The third kappa shape index (κ3) is 1.11. The fraction of sp³-hybridized carbons (Fsp3) is 0.636. The molecule has 0 saturated carbocycles. The Morgan fingerprint density at radius 2 is 2.14 bits per heavy atom. The van der Waals surface area contributed by atoms with Crippen LogP contribution in [0.15, 0.2) is 0 Å². The van der Waals surface area contributed by atoms with E-state index in [-0.39, 0.29) is 11.7 Å². The lowest BCUT2D eigenvalue weighted by atomic mass is 10.0. The monoisotopic (exact) mass is 192 g/mol. The van der Waals surface area contributed by atoms with E-state index in [4.69, 9.17) is 0 Å². The first kappa shape index (κ1) is 9.44. The molecule has 0 radical (unpaired) electrons. The Morgan fingerprint density at radius 1 is 1.50 bits per heavy atom. The lowest BCUT2D eigenvalue weighted by Crippen LogP contribution is -2.08. The summed E-state index contributed by atoms with van der Waals surface area (Å²) in [6, 6.07) is 0. The van der Waals surface area contributed by atoms with Gasteiger partial charge in [0.05, 0.1) is 11.3 Å². The van der Waals surface area contributed by atoms with Crippen LogP contribution in [0.1, 0.15) is 48.4 Å². The van der Waals surface area contributed by atoms with Crippen molar-refractivity contribution in [1.29, 1.82) is 0 Å². The van der Waals surface area contributed by atoms with Gasteiger partial charge < -0.3 is 0 Å². The van der Waals surface area contributed by atoms with Gasteiger partial charge in [-0.15, -0.1) is 0 Å². The number of hydrogen-bond donors (Lipinski definition) is 0. The Morgan fingerprint density at radius 3 is 2.71 bits per heavy atom. The number of rotatable bonds is 1. The lowest BCUT2D eigenvalue weighted by molar-refractivity contribution is 0.0944. The molecule has 3 nitrogen and oxygen atoms in total. The van der Waals surface area contributed by atoms with Crippen LogP contribution in [0.4, 0.5) is 0 Å². The van der Waals surface area contributed by atoms with E-state index in [1.54, 1.807) is 0 Å². The number of nitrogens with zero attached hydrogens (tertiary/aromatic N) is 2. The zero-order chi connectivity index (χ0) is 10.5. The summed E-state index contributed by atoms with van der Waals surface area (Å²) in [6.07, 6.45) is 0.852. The number of carbonyl (C=O) groups is 1. The quantitative estimate of drug-likeness (QED) is 0.681. The van der Waals surface area contributed by atoms with E-state index >= 15 is 0 Å². The van der Waals surface area contributed by atoms with Crippen molar-refractivity contribution >= 4 is 5.78 Å². The molecular weight excluding hydrogens is 176 g/mol. The van der Waals surface area contributed by atoms with Crippen molar-refractivity contribution in [3.8, 4) is 0 Å². The molecule has 0 amide bonds. The van der Waals surface area contributed by atoms with Crippen molar-refractivity contribution in [2.24, 2.45) is 13.0 Å². The maximum Gasteiger partial charge on any atom is 0.169 e. The van der Waals surface area contributed by atoms with Gasteiger partial charge in [-0.2, -0.15) is 5.10 Å². The molecule has 1 aromatic heterocycles. The highest BCUT2D eigenvalue weighted by Crippen LogP contribution is 2.31. The van der Waals surface area contributed by atoms with Gasteiger partial charge in [0.2, 0.25) is 0 Å². The molecule has 0 N–H and O–H groups in total. The van der Waals surface area contributed by atoms with Gasteiger partial charge in [0.25, 0.3) is 0 Å². The van der Waals surface area contributed by atoms with Crippen molar-refractivity contribution in [2.75, 3.05) is 0 Å². The summed E-state index contributed by atoms with van der Waals surface area (Å²) in [5, 5.41) is 4.41. The van der Waals surface area contributed by atoms with E-state index in [1.807, 2.05) is 18.7 Å². The van der Waals surface area contributed by atoms with Crippen LogP contribution in [0.2, 0.25) is 0 Å². The molecule has 14 heavy (non-hydrogen) atoms. The van der Waals surface area contributed by atoms with Crippen LogP contribution in [0.5, 0.6) is 0 Å². The summed E-state index contributed by atoms with van der Waals surface area (Å²) in [6.45, 7) is 6.16. The summed E-state index contributed by atoms with van der Waals surface area (Å²) in [7, 11) is 1.93. The molecule has 1 aliphatic rings. The van der Waals surface area contributed by atoms with Crippen LogP contribution in [0.25, 0.3) is 0 Å². The molecule has 0 aliphatic heterocycles. The van der Waals surface area contributed by atoms with E-state index < -0.39 is 0 Å². The summed E-state index contributed by atoms with van der Waals surface area (Å²) < 4.78 is 1.87. The number of hydrogen-bond acceptors (Lipinski definition) is 2. The summed E-state index contributed by atoms with van der Waals surface area (Å²) in [5.74, 6) is 0.752. The fourth-order valence-electron chi connectivity index (χ4n) is 2.12. The standard InChI is InChI=1S/C11H16N2O/c1-6(2)10-9-8(13(4)12-10)5-7(3)11(9)14/h6-7H,5H2,1-4H3. The second-order valence-electron chi connectivity index (χ2n) is 4.45. The van der Waals surface area contributed by atoms with Crippen LogP contribution in [-0.4, -0.2) is 15.6 Å². The average molecular weight is 192 g/mol. The molecule has 1 aliphatic carbocycles. The molecule has 1 unspecified atom stereocenters. The second-order valence-corrected chi connectivity index (χ2v) is 4.45. The van der Waals surface area contributed by atoms with Gasteiger partial charge in [-0.3, -0.25) is 9.48 Å². The summed E-state index contributed by atoms with van der Waals surface area (Å²) in [5.41, 5.74) is 2.98. The molecule has 0 saturated heterocycles. The molecule has 2 rings (SSSR count). The van der Waals surface area contributed by atoms with Gasteiger partial charge in [-0.05, 0) is 12.3 Å². The number of fused-ring (bicyclic) bond motifs is 1. The largest absolute Gasteiger partial charge is 0.294 e.